The zero-order valence-corrected chi connectivity index (χ0v) is 15.8. The van der Waals surface area contributed by atoms with E-state index < -0.39 is 0 Å². The van der Waals surface area contributed by atoms with Crippen molar-refractivity contribution in [2.45, 2.75) is 6.61 Å². The van der Waals surface area contributed by atoms with E-state index in [1.54, 1.807) is 48.5 Å². The molecule has 142 valence electrons. The fourth-order valence-corrected chi connectivity index (χ4v) is 2.60. The summed E-state index contributed by atoms with van der Waals surface area (Å²) in [5.74, 6) is -0.0920. The first kappa shape index (κ1) is 19.5. The minimum atomic E-state index is -0.351. The highest BCUT2D eigenvalue weighted by molar-refractivity contribution is 6.30. The van der Waals surface area contributed by atoms with Gasteiger partial charge in [-0.3, -0.25) is 9.59 Å². The van der Waals surface area contributed by atoms with Crippen molar-refractivity contribution < 1.29 is 14.3 Å². The monoisotopic (exact) mass is 394 g/mol. The number of benzene rings is 3. The zero-order valence-electron chi connectivity index (χ0n) is 15.0. The highest BCUT2D eigenvalue weighted by Crippen LogP contribution is 2.16. The number of rotatable bonds is 7. The van der Waals surface area contributed by atoms with Gasteiger partial charge in [-0.15, -0.1) is 0 Å². The van der Waals surface area contributed by atoms with Crippen molar-refractivity contribution in [3.63, 3.8) is 0 Å². The maximum absolute atomic E-state index is 12.3. The first-order valence-electron chi connectivity index (χ1n) is 8.70. The third-order valence-corrected chi connectivity index (χ3v) is 4.13. The molecule has 28 heavy (non-hydrogen) atoms. The summed E-state index contributed by atoms with van der Waals surface area (Å²) in [6.07, 6.45) is 0. The van der Waals surface area contributed by atoms with Crippen molar-refractivity contribution >= 4 is 29.1 Å². The second kappa shape index (κ2) is 9.58. The van der Waals surface area contributed by atoms with Gasteiger partial charge in [-0.05, 0) is 48.0 Å². The molecule has 0 aliphatic carbocycles. The molecule has 0 aliphatic heterocycles. The van der Waals surface area contributed by atoms with E-state index in [9.17, 15) is 9.59 Å². The van der Waals surface area contributed by atoms with E-state index in [1.165, 1.54) is 0 Å². The maximum atomic E-state index is 12.3. The number of hydrogen-bond donors (Lipinski definition) is 2. The van der Waals surface area contributed by atoms with E-state index in [1.807, 2.05) is 30.3 Å². The Labute approximate surface area is 168 Å². The minimum Gasteiger partial charge on any atom is -0.489 e. The van der Waals surface area contributed by atoms with Crippen molar-refractivity contribution in [3.8, 4) is 5.75 Å². The molecule has 0 saturated heterocycles. The molecule has 0 spiro atoms. The van der Waals surface area contributed by atoms with Crippen LogP contribution in [0.1, 0.15) is 15.9 Å². The van der Waals surface area contributed by atoms with Gasteiger partial charge in [0.05, 0.1) is 6.54 Å². The Kier molecular flexibility index (Phi) is 6.65. The lowest BCUT2D eigenvalue weighted by Gasteiger charge is -2.09. The molecule has 0 saturated carbocycles. The number of amides is 2. The van der Waals surface area contributed by atoms with Crippen molar-refractivity contribution in [3.05, 3.63) is 95.0 Å². The lowest BCUT2D eigenvalue weighted by atomic mass is 10.2. The predicted molar refractivity (Wildman–Crippen MR) is 110 cm³/mol. The van der Waals surface area contributed by atoms with Crippen molar-refractivity contribution in [2.24, 2.45) is 0 Å². The fourth-order valence-electron chi connectivity index (χ4n) is 2.47. The number of halogens is 1. The van der Waals surface area contributed by atoms with Gasteiger partial charge in [0.15, 0.2) is 0 Å². The number of hydrogen-bond acceptors (Lipinski definition) is 3. The molecule has 0 aromatic heterocycles. The van der Waals surface area contributed by atoms with Crippen LogP contribution in [-0.2, 0) is 11.4 Å². The molecular weight excluding hydrogens is 376 g/mol. The molecule has 0 radical (unpaired) electrons. The van der Waals surface area contributed by atoms with Crippen LogP contribution < -0.4 is 15.4 Å². The van der Waals surface area contributed by atoms with Gasteiger partial charge in [-0.2, -0.15) is 0 Å². The van der Waals surface area contributed by atoms with Gasteiger partial charge in [0.25, 0.3) is 5.91 Å². The summed E-state index contributed by atoms with van der Waals surface area (Å²) in [4.78, 5) is 24.3. The number of carbonyl (C=O) groups is 2. The third-order valence-electron chi connectivity index (χ3n) is 3.88. The van der Waals surface area contributed by atoms with E-state index in [2.05, 4.69) is 10.6 Å². The Morgan fingerprint density at radius 1 is 0.893 bits per heavy atom. The molecule has 2 amide bonds. The van der Waals surface area contributed by atoms with Gasteiger partial charge < -0.3 is 15.4 Å². The van der Waals surface area contributed by atoms with Crippen LogP contribution in [0.25, 0.3) is 0 Å². The predicted octanol–water partition coefficient (Wildman–Crippen LogP) is 4.29. The molecule has 0 fully saturated rings. The van der Waals surface area contributed by atoms with Crippen LogP contribution in [-0.4, -0.2) is 18.4 Å². The molecule has 3 aromatic carbocycles. The van der Waals surface area contributed by atoms with E-state index in [-0.39, 0.29) is 18.4 Å². The minimum absolute atomic E-state index is 0.142. The summed E-state index contributed by atoms with van der Waals surface area (Å²) in [5, 5.41) is 5.87. The average molecular weight is 395 g/mol. The van der Waals surface area contributed by atoms with Gasteiger partial charge in [0.1, 0.15) is 12.4 Å². The van der Waals surface area contributed by atoms with Gasteiger partial charge in [-0.25, -0.2) is 0 Å². The second-order valence-electron chi connectivity index (χ2n) is 6.04. The van der Waals surface area contributed by atoms with Crippen LogP contribution >= 0.6 is 11.6 Å². The van der Waals surface area contributed by atoms with Crippen LogP contribution in [0.15, 0.2) is 78.9 Å². The number of ether oxygens (including phenoxy) is 1. The summed E-state index contributed by atoms with van der Waals surface area (Å²) in [6, 6.07) is 23.3. The molecule has 3 aromatic rings. The topological polar surface area (TPSA) is 67.4 Å². The summed E-state index contributed by atoms with van der Waals surface area (Å²) in [6.45, 7) is 0.270. The molecule has 3 rings (SSSR count). The normalized spacial score (nSPS) is 10.2. The smallest absolute Gasteiger partial charge is 0.251 e. The lowest BCUT2D eigenvalue weighted by Crippen LogP contribution is -2.32. The summed E-state index contributed by atoms with van der Waals surface area (Å²) >= 11 is 5.81. The Bertz CT molecular complexity index is 944. The summed E-state index contributed by atoms with van der Waals surface area (Å²) in [7, 11) is 0. The van der Waals surface area contributed by atoms with E-state index in [0.717, 1.165) is 5.56 Å². The van der Waals surface area contributed by atoms with Crippen LogP contribution in [0.5, 0.6) is 5.75 Å². The molecule has 2 N–H and O–H groups in total. The first-order valence-corrected chi connectivity index (χ1v) is 9.08. The Hall–Kier alpha value is -3.31. The summed E-state index contributed by atoms with van der Waals surface area (Å²) in [5.41, 5.74) is 2.07. The fraction of sp³-hybridized carbons (Fsp3) is 0.0909. The van der Waals surface area contributed by atoms with E-state index >= 15 is 0 Å². The van der Waals surface area contributed by atoms with Gasteiger partial charge in [0, 0.05) is 16.3 Å². The standard InChI is InChI=1S/C22H19ClN2O3/c23-18-9-11-19(12-10-18)25-21(26)14-24-22(27)17-7-4-8-20(13-17)28-15-16-5-2-1-3-6-16/h1-13H,14-15H2,(H,24,27)(H,25,26). The number of carbonyl (C=O) groups excluding carboxylic acids is 2. The quantitative estimate of drug-likeness (QED) is 0.628. The third kappa shape index (κ3) is 5.86. The average Bonchev–Trinajstić information content (AvgIpc) is 2.73. The molecule has 0 bridgehead atoms. The lowest BCUT2D eigenvalue weighted by molar-refractivity contribution is -0.115. The van der Waals surface area contributed by atoms with Gasteiger partial charge >= 0.3 is 0 Å². The van der Waals surface area contributed by atoms with Gasteiger partial charge in [0.2, 0.25) is 5.91 Å². The molecule has 0 atom stereocenters. The van der Waals surface area contributed by atoms with Crippen LogP contribution in [0.2, 0.25) is 5.02 Å². The SMILES string of the molecule is O=C(CNC(=O)c1cccc(OCc2ccccc2)c1)Nc1ccc(Cl)cc1. The van der Waals surface area contributed by atoms with Crippen LogP contribution in [0.4, 0.5) is 5.69 Å². The van der Waals surface area contributed by atoms with Crippen LogP contribution in [0.3, 0.4) is 0 Å². The molecule has 5 nitrogen and oxygen atoms in total. The molecule has 6 heteroatoms. The number of anilines is 1. The second-order valence-corrected chi connectivity index (χ2v) is 6.48. The molecule has 0 aliphatic rings. The Morgan fingerprint density at radius 3 is 2.39 bits per heavy atom. The van der Waals surface area contributed by atoms with E-state index in [0.29, 0.717) is 28.6 Å². The first-order chi connectivity index (χ1) is 13.6. The van der Waals surface area contributed by atoms with Gasteiger partial charge in [-0.1, -0.05) is 48.0 Å². The number of nitrogens with one attached hydrogen (secondary N) is 2. The van der Waals surface area contributed by atoms with Crippen molar-refractivity contribution in [2.75, 3.05) is 11.9 Å². The highest BCUT2D eigenvalue weighted by Gasteiger charge is 2.09. The summed E-state index contributed by atoms with van der Waals surface area (Å²) < 4.78 is 5.73. The van der Waals surface area contributed by atoms with E-state index in [4.69, 9.17) is 16.3 Å². The van der Waals surface area contributed by atoms with Crippen molar-refractivity contribution in [1.29, 1.82) is 0 Å². The molecule has 0 heterocycles. The molecule has 0 unspecified atom stereocenters. The van der Waals surface area contributed by atoms with Crippen molar-refractivity contribution in [1.82, 2.24) is 5.32 Å². The Morgan fingerprint density at radius 2 is 1.64 bits per heavy atom. The largest absolute Gasteiger partial charge is 0.489 e. The Balaban J connectivity index is 1.51. The highest BCUT2D eigenvalue weighted by atomic mass is 35.5. The zero-order chi connectivity index (χ0) is 19.8. The molecular formula is C22H19ClN2O3. The van der Waals surface area contributed by atoms with Crippen LogP contribution in [0, 0.1) is 0 Å². The maximum Gasteiger partial charge on any atom is 0.251 e.